The molecule has 1 aliphatic heterocycles. The van der Waals surface area contributed by atoms with Crippen molar-refractivity contribution in [2.75, 3.05) is 13.1 Å². The van der Waals surface area contributed by atoms with Crippen molar-refractivity contribution in [3.8, 4) is 0 Å². The number of hydrogen-bond acceptors (Lipinski definition) is 2. The van der Waals surface area contributed by atoms with Crippen LogP contribution < -0.4 is 5.43 Å². The summed E-state index contributed by atoms with van der Waals surface area (Å²) < 4.78 is 0. The van der Waals surface area contributed by atoms with Gasteiger partial charge < -0.3 is 0 Å². The normalized spacial score (nSPS) is 34.2. The molecule has 1 N–H and O–H groups in total. The van der Waals surface area contributed by atoms with Crippen molar-refractivity contribution >= 4 is 0 Å². The number of nitrogens with one attached hydrogen (secondary N) is 1. The van der Waals surface area contributed by atoms with E-state index in [4.69, 9.17) is 0 Å². The zero-order valence-corrected chi connectivity index (χ0v) is 10.2. The number of hydrazine groups is 1. The van der Waals surface area contributed by atoms with Crippen LogP contribution in [0.1, 0.15) is 58.3 Å². The molecule has 15 heavy (non-hydrogen) atoms. The van der Waals surface area contributed by atoms with Crippen LogP contribution in [0, 0.1) is 5.92 Å². The minimum absolute atomic E-state index is 0.779. The molecule has 0 spiro atoms. The van der Waals surface area contributed by atoms with Gasteiger partial charge in [0.15, 0.2) is 0 Å². The van der Waals surface area contributed by atoms with Gasteiger partial charge in [-0.25, -0.2) is 5.01 Å². The summed E-state index contributed by atoms with van der Waals surface area (Å²) in [5.74, 6) is 0.931. The van der Waals surface area contributed by atoms with Crippen molar-refractivity contribution in [1.29, 1.82) is 0 Å². The fourth-order valence-corrected chi connectivity index (χ4v) is 3.12. The van der Waals surface area contributed by atoms with E-state index >= 15 is 0 Å². The predicted octanol–water partition coefficient (Wildman–Crippen LogP) is 2.95. The molecule has 0 amide bonds. The third-order valence-corrected chi connectivity index (χ3v) is 4.14. The van der Waals surface area contributed by atoms with Crippen LogP contribution in [-0.2, 0) is 0 Å². The lowest BCUT2D eigenvalue weighted by atomic mass is 9.83. The van der Waals surface area contributed by atoms with Crippen molar-refractivity contribution in [1.82, 2.24) is 10.4 Å². The van der Waals surface area contributed by atoms with Gasteiger partial charge in [0, 0.05) is 19.1 Å². The molecule has 2 fully saturated rings. The molecule has 2 nitrogen and oxygen atoms in total. The second-order valence-corrected chi connectivity index (χ2v) is 5.24. The molecule has 1 saturated carbocycles. The van der Waals surface area contributed by atoms with Gasteiger partial charge in [-0.1, -0.05) is 32.6 Å². The van der Waals surface area contributed by atoms with E-state index in [1.165, 1.54) is 64.5 Å². The van der Waals surface area contributed by atoms with Crippen LogP contribution in [0.15, 0.2) is 0 Å². The second kappa shape index (κ2) is 5.86. The molecule has 2 unspecified atom stereocenters. The minimum Gasteiger partial charge on any atom is -0.252 e. The predicted molar refractivity (Wildman–Crippen MR) is 64.6 cm³/mol. The maximum atomic E-state index is 3.79. The summed E-state index contributed by atoms with van der Waals surface area (Å²) >= 11 is 0. The topological polar surface area (TPSA) is 15.3 Å². The van der Waals surface area contributed by atoms with E-state index in [9.17, 15) is 0 Å². The zero-order chi connectivity index (χ0) is 10.5. The van der Waals surface area contributed by atoms with Crippen molar-refractivity contribution < 1.29 is 0 Å². The molecule has 1 aliphatic carbocycles. The largest absolute Gasteiger partial charge is 0.252 e. The highest BCUT2D eigenvalue weighted by Crippen LogP contribution is 2.27. The third kappa shape index (κ3) is 3.18. The Kier molecular flexibility index (Phi) is 4.45. The van der Waals surface area contributed by atoms with Gasteiger partial charge in [0.1, 0.15) is 0 Å². The van der Waals surface area contributed by atoms with Crippen molar-refractivity contribution in [2.24, 2.45) is 5.92 Å². The molecule has 2 atom stereocenters. The first-order valence-electron chi connectivity index (χ1n) is 6.91. The van der Waals surface area contributed by atoms with Crippen molar-refractivity contribution in [3.63, 3.8) is 0 Å². The summed E-state index contributed by atoms with van der Waals surface area (Å²) in [6, 6.07) is 0.779. The average molecular weight is 210 g/mol. The van der Waals surface area contributed by atoms with E-state index < -0.39 is 0 Å². The monoisotopic (exact) mass is 210 g/mol. The first-order chi connectivity index (χ1) is 7.40. The van der Waals surface area contributed by atoms with Crippen LogP contribution in [0.3, 0.4) is 0 Å². The van der Waals surface area contributed by atoms with Crippen LogP contribution in [-0.4, -0.2) is 24.1 Å². The van der Waals surface area contributed by atoms with E-state index in [0.29, 0.717) is 0 Å². The van der Waals surface area contributed by atoms with E-state index in [0.717, 1.165) is 12.0 Å². The SMILES string of the molecule is CCC1CCCCC1NN1CCCCC1. The molecule has 0 aromatic carbocycles. The Balaban J connectivity index is 1.79. The Morgan fingerprint density at radius 2 is 1.73 bits per heavy atom. The maximum Gasteiger partial charge on any atom is 0.0243 e. The highest BCUT2D eigenvalue weighted by molar-refractivity contribution is 4.80. The van der Waals surface area contributed by atoms with Crippen LogP contribution in [0.4, 0.5) is 0 Å². The molecule has 2 rings (SSSR count). The number of rotatable bonds is 3. The Hall–Kier alpha value is -0.0800. The Bertz CT molecular complexity index is 175. The molecule has 1 heterocycles. The van der Waals surface area contributed by atoms with Gasteiger partial charge in [-0.2, -0.15) is 0 Å². The molecule has 88 valence electrons. The summed E-state index contributed by atoms with van der Waals surface area (Å²) in [7, 11) is 0. The standard InChI is InChI=1S/C13H26N2/c1-2-12-8-4-5-9-13(12)14-15-10-6-3-7-11-15/h12-14H,2-11H2,1H3. The molecule has 2 aliphatic rings. The summed E-state index contributed by atoms with van der Waals surface area (Å²) in [6.07, 6.45) is 11.3. The molecular formula is C13H26N2. The molecule has 1 saturated heterocycles. The molecular weight excluding hydrogens is 184 g/mol. The number of nitrogens with zero attached hydrogens (tertiary/aromatic N) is 1. The zero-order valence-electron chi connectivity index (χ0n) is 10.2. The molecule has 0 radical (unpaired) electrons. The van der Waals surface area contributed by atoms with Gasteiger partial charge in [-0.05, 0) is 31.6 Å². The Morgan fingerprint density at radius 3 is 2.47 bits per heavy atom. The lowest BCUT2D eigenvalue weighted by molar-refractivity contribution is 0.0880. The smallest absolute Gasteiger partial charge is 0.0243 e. The van der Waals surface area contributed by atoms with Crippen molar-refractivity contribution in [3.05, 3.63) is 0 Å². The van der Waals surface area contributed by atoms with E-state index in [1.54, 1.807) is 0 Å². The second-order valence-electron chi connectivity index (χ2n) is 5.24. The lowest BCUT2D eigenvalue weighted by Gasteiger charge is -2.37. The summed E-state index contributed by atoms with van der Waals surface area (Å²) in [4.78, 5) is 0. The van der Waals surface area contributed by atoms with E-state index in [-0.39, 0.29) is 0 Å². The van der Waals surface area contributed by atoms with Crippen LogP contribution in [0.5, 0.6) is 0 Å². The quantitative estimate of drug-likeness (QED) is 0.770. The van der Waals surface area contributed by atoms with Gasteiger partial charge in [-0.15, -0.1) is 0 Å². The molecule has 0 aromatic rings. The fraction of sp³-hybridized carbons (Fsp3) is 1.00. The van der Waals surface area contributed by atoms with Gasteiger partial charge in [0.2, 0.25) is 0 Å². The summed E-state index contributed by atoms with van der Waals surface area (Å²) in [5, 5.41) is 2.49. The first-order valence-corrected chi connectivity index (χ1v) is 6.91. The van der Waals surface area contributed by atoms with Crippen LogP contribution in [0.2, 0.25) is 0 Å². The van der Waals surface area contributed by atoms with E-state index in [1.807, 2.05) is 0 Å². The van der Waals surface area contributed by atoms with Gasteiger partial charge in [0.05, 0.1) is 0 Å². The van der Waals surface area contributed by atoms with Crippen LogP contribution in [0.25, 0.3) is 0 Å². The Morgan fingerprint density at radius 1 is 1.00 bits per heavy atom. The number of hydrogen-bond donors (Lipinski definition) is 1. The van der Waals surface area contributed by atoms with E-state index in [2.05, 4.69) is 17.4 Å². The highest BCUT2D eigenvalue weighted by atomic mass is 15.5. The van der Waals surface area contributed by atoms with Crippen LogP contribution >= 0.6 is 0 Å². The maximum absolute atomic E-state index is 3.79. The van der Waals surface area contributed by atoms with Crippen molar-refractivity contribution in [2.45, 2.75) is 64.3 Å². The third-order valence-electron chi connectivity index (χ3n) is 4.14. The average Bonchev–Trinajstić information content (AvgIpc) is 2.31. The molecule has 0 aromatic heterocycles. The van der Waals surface area contributed by atoms with Gasteiger partial charge in [-0.3, -0.25) is 5.43 Å². The first kappa shape index (κ1) is 11.4. The van der Waals surface area contributed by atoms with Gasteiger partial charge in [0.25, 0.3) is 0 Å². The Labute approximate surface area is 94.4 Å². The number of piperidine rings is 1. The summed E-state index contributed by atoms with van der Waals surface area (Å²) in [5.41, 5.74) is 3.79. The molecule has 0 bridgehead atoms. The van der Waals surface area contributed by atoms with Gasteiger partial charge >= 0.3 is 0 Å². The summed E-state index contributed by atoms with van der Waals surface area (Å²) in [6.45, 7) is 4.89. The highest BCUT2D eigenvalue weighted by Gasteiger charge is 2.25. The fourth-order valence-electron chi connectivity index (χ4n) is 3.12. The lowest BCUT2D eigenvalue weighted by Crippen LogP contribution is -2.50. The minimum atomic E-state index is 0.779. The molecule has 2 heteroatoms.